The Morgan fingerprint density at radius 1 is 1.36 bits per heavy atom. The molecule has 0 spiro atoms. The third kappa shape index (κ3) is 2.29. The van der Waals surface area contributed by atoms with Gasteiger partial charge in [-0.15, -0.1) is 11.8 Å². The van der Waals surface area contributed by atoms with Crippen molar-refractivity contribution in [1.82, 2.24) is 0 Å². The summed E-state index contributed by atoms with van der Waals surface area (Å²) in [6, 6.07) is 3.44. The van der Waals surface area contributed by atoms with Crippen LogP contribution >= 0.6 is 11.8 Å². The zero-order valence-corrected chi connectivity index (χ0v) is 8.25. The van der Waals surface area contributed by atoms with E-state index in [0.29, 0.717) is 4.90 Å². The van der Waals surface area contributed by atoms with Crippen molar-refractivity contribution in [2.75, 3.05) is 6.26 Å². The summed E-state index contributed by atoms with van der Waals surface area (Å²) in [4.78, 5) is 4.23. The molecule has 0 radical (unpaired) electrons. The van der Waals surface area contributed by atoms with Gasteiger partial charge in [-0.05, 0) is 31.2 Å². The van der Waals surface area contributed by atoms with Gasteiger partial charge < -0.3 is 0 Å². The zero-order chi connectivity index (χ0) is 10.8. The Morgan fingerprint density at radius 3 is 2.43 bits per heavy atom. The molecule has 5 heteroatoms. The average molecular weight is 219 g/mol. The fourth-order valence-electron chi connectivity index (χ4n) is 0.990. The lowest BCUT2D eigenvalue weighted by molar-refractivity contribution is -0.137. The fourth-order valence-corrected chi connectivity index (χ4v) is 1.53. The van der Waals surface area contributed by atoms with Crippen LogP contribution in [0.1, 0.15) is 5.56 Å². The fraction of sp³-hybridized carbons (Fsp3) is 0.222. The van der Waals surface area contributed by atoms with E-state index in [0.717, 1.165) is 12.1 Å². The number of hydrogen-bond acceptors (Lipinski definition) is 2. The van der Waals surface area contributed by atoms with Gasteiger partial charge in [-0.1, -0.05) is 0 Å². The average Bonchev–Trinajstić information content (AvgIpc) is 2.15. The number of thioether (sulfide) groups is 1. The molecular weight excluding hydrogens is 211 g/mol. The number of hydrogen-bond donors (Lipinski definition) is 0. The predicted molar refractivity (Wildman–Crippen MR) is 52.4 cm³/mol. The Kier molecular flexibility index (Phi) is 3.21. The van der Waals surface area contributed by atoms with Crippen molar-refractivity contribution in [3.8, 4) is 0 Å². The first kappa shape index (κ1) is 11.1. The molecule has 0 N–H and O–H groups in total. The van der Waals surface area contributed by atoms with E-state index in [2.05, 4.69) is 11.7 Å². The van der Waals surface area contributed by atoms with Gasteiger partial charge in [0.15, 0.2) is 0 Å². The molecule has 0 aromatic heterocycles. The van der Waals surface area contributed by atoms with Gasteiger partial charge in [0.2, 0.25) is 0 Å². The molecule has 1 nitrogen and oxygen atoms in total. The largest absolute Gasteiger partial charge is 0.416 e. The molecule has 0 saturated carbocycles. The number of benzene rings is 1. The van der Waals surface area contributed by atoms with Crippen molar-refractivity contribution in [3.05, 3.63) is 23.8 Å². The van der Waals surface area contributed by atoms with Crippen LogP contribution in [0, 0.1) is 0 Å². The van der Waals surface area contributed by atoms with Gasteiger partial charge in [-0.25, -0.2) is 0 Å². The smallest absolute Gasteiger partial charge is 0.263 e. The van der Waals surface area contributed by atoms with Crippen molar-refractivity contribution in [2.45, 2.75) is 11.1 Å². The van der Waals surface area contributed by atoms with E-state index in [1.165, 1.54) is 17.8 Å². The predicted octanol–water partition coefficient (Wildman–Crippen LogP) is 3.76. The molecule has 0 aliphatic heterocycles. The molecule has 1 aromatic rings. The van der Waals surface area contributed by atoms with E-state index in [-0.39, 0.29) is 5.69 Å². The van der Waals surface area contributed by atoms with Gasteiger partial charge in [0.1, 0.15) is 0 Å². The molecule has 76 valence electrons. The lowest BCUT2D eigenvalue weighted by Crippen LogP contribution is -2.04. The summed E-state index contributed by atoms with van der Waals surface area (Å²) in [6.07, 6.45) is -2.55. The van der Waals surface area contributed by atoms with Crippen molar-refractivity contribution in [1.29, 1.82) is 0 Å². The highest BCUT2D eigenvalue weighted by atomic mass is 32.2. The minimum atomic E-state index is -4.32. The zero-order valence-electron chi connectivity index (χ0n) is 7.43. The molecule has 0 aliphatic rings. The molecule has 0 fully saturated rings. The van der Waals surface area contributed by atoms with E-state index in [4.69, 9.17) is 0 Å². The molecule has 0 bridgehead atoms. The Morgan fingerprint density at radius 2 is 2.00 bits per heavy atom. The highest BCUT2D eigenvalue weighted by Crippen LogP contribution is 2.35. The quantitative estimate of drug-likeness (QED) is 0.545. The number of nitrogens with zero attached hydrogens (tertiary/aromatic N) is 1. The summed E-state index contributed by atoms with van der Waals surface area (Å²) in [5, 5.41) is 0. The standard InChI is InChI=1S/C9H8F3NS/c1-13-7-5-6(9(10,11)12)3-4-8(7)14-2/h3-5H,1H2,2H3. The second-order valence-electron chi connectivity index (χ2n) is 2.54. The second-order valence-corrected chi connectivity index (χ2v) is 3.39. The van der Waals surface area contributed by atoms with Gasteiger partial charge in [0, 0.05) is 4.90 Å². The van der Waals surface area contributed by atoms with E-state index in [9.17, 15) is 13.2 Å². The molecular formula is C9H8F3NS. The Labute approximate surface area is 84.0 Å². The molecule has 0 unspecified atom stereocenters. The highest BCUT2D eigenvalue weighted by molar-refractivity contribution is 7.98. The number of rotatable bonds is 2. The third-order valence-electron chi connectivity index (χ3n) is 1.68. The van der Waals surface area contributed by atoms with Crippen LogP contribution in [0.3, 0.4) is 0 Å². The Hall–Kier alpha value is -0.970. The second kappa shape index (κ2) is 4.04. The van der Waals surface area contributed by atoms with Crippen molar-refractivity contribution in [2.24, 2.45) is 4.99 Å². The topological polar surface area (TPSA) is 12.4 Å². The molecule has 1 rings (SSSR count). The molecule has 0 atom stereocenters. The maximum Gasteiger partial charge on any atom is 0.416 e. The van der Waals surface area contributed by atoms with Crippen LogP contribution in [0.5, 0.6) is 0 Å². The summed E-state index contributed by atoms with van der Waals surface area (Å²) in [7, 11) is 0. The molecule has 0 saturated heterocycles. The van der Waals surface area contributed by atoms with Crippen LogP contribution < -0.4 is 0 Å². The van der Waals surface area contributed by atoms with Gasteiger partial charge in [-0.2, -0.15) is 13.2 Å². The number of halogens is 3. The van der Waals surface area contributed by atoms with Crippen LogP contribution in [0.4, 0.5) is 18.9 Å². The first-order valence-electron chi connectivity index (χ1n) is 3.71. The van der Waals surface area contributed by atoms with Gasteiger partial charge in [0.25, 0.3) is 0 Å². The van der Waals surface area contributed by atoms with Crippen molar-refractivity contribution in [3.63, 3.8) is 0 Å². The third-order valence-corrected chi connectivity index (χ3v) is 2.46. The van der Waals surface area contributed by atoms with Gasteiger partial charge >= 0.3 is 6.18 Å². The number of alkyl halides is 3. The van der Waals surface area contributed by atoms with E-state index < -0.39 is 11.7 Å². The first-order chi connectivity index (χ1) is 6.49. The summed E-state index contributed by atoms with van der Waals surface area (Å²) in [5.74, 6) is 0. The maximum atomic E-state index is 12.3. The minimum absolute atomic E-state index is 0.271. The van der Waals surface area contributed by atoms with E-state index in [1.807, 2.05) is 0 Å². The van der Waals surface area contributed by atoms with Gasteiger partial charge in [-0.3, -0.25) is 4.99 Å². The van der Waals surface area contributed by atoms with Crippen molar-refractivity contribution >= 4 is 24.2 Å². The van der Waals surface area contributed by atoms with Crippen LogP contribution in [0.15, 0.2) is 28.1 Å². The summed E-state index contributed by atoms with van der Waals surface area (Å²) < 4.78 is 36.8. The van der Waals surface area contributed by atoms with Crippen LogP contribution in [-0.2, 0) is 6.18 Å². The SMILES string of the molecule is C=Nc1cc(C(F)(F)F)ccc1SC. The lowest BCUT2D eigenvalue weighted by atomic mass is 10.2. The minimum Gasteiger partial charge on any atom is -0.263 e. The molecule has 1 aromatic carbocycles. The van der Waals surface area contributed by atoms with Gasteiger partial charge in [0.05, 0.1) is 11.3 Å². The van der Waals surface area contributed by atoms with E-state index in [1.54, 1.807) is 6.26 Å². The molecule has 0 amide bonds. The molecule has 0 heterocycles. The molecule has 0 aliphatic carbocycles. The van der Waals surface area contributed by atoms with Crippen LogP contribution in [0.2, 0.25) is 0 Å². The first-order valence-corrected chi connectivity index (χ1v) is 4.93. The van der Waals surface area contributed by atoms with Crippen LogP contribution in [-0.4, -0.2) is 13.0 Å². The Balaban J connectivity index is 3.21. The van der Waals surface area contributed by atoms with Crippen molar-refractivity contribution < 1.29 is 13.2 Å². The summed E-state index contributed by atoms with van der Waals surface area (Å²) >= 11 is 1.34. The normalized spacial score (nSPS) is 11.4. The Bertz CT molecular complexity index is 346. The highest BCUT2D eigenvalue weighted by Gasteiger charge is 2.30. The lowest BCUT2D eigenvalue weighted by Gasteiger charge is -2.08. The summed E-state index contributed by atoms with van der Waals surface area (Å²) in [5.41, 5.74) is -0.426. The van der Waals surface area contributed by atoms with Crippen LogP contribution in [0.25, 0.3) is 0 Å². The summed E-state index contributed by atoms with van der Waals surface area (Å²) in [6.45, 7) is 3.23. The monoisotopic (exact) mass is 219 g/mol. The number of aliphatic imine (C=N–C) groups is 1. The molecule has 14 heavy (non-hydrogen) atoms. The maximum absolute atomic E-state index is 12.3. The van der Waals surface area contributed by atoms with E-state index >= 15 is 0 Å².